The summed E-state index contributed by atoms with van der Waals surface area (Å²) in [5, 5.41) is 7.14. The van der Waals surface area contributed by atoms with E-state index in [-0.39, 0.29) is 17.2 Å². The average Bonchev–Trinajstić information content (AvgIpc) is 2.55. The molecule has 0 spiro atoms. The largest absolute Gasteiger partial charge is 0.493 e. The minimum Gasteiger partial charge on any atom is -0.493 e. The van der Waals surface area contributed by atoms with Crippen molar-refractivity contribution in [3.05, 3.63) is 17.7 Å². The number of rotatable bonds is 9. The van der Waals surface area contributed by atoms with E-state index in [1.165, 1.54) is 32.6 Å². The number of nitrogens with zero attached hydrogens (tertiary/aromatic N) is 1. The van der Waals surface area contributed by atoms with Gasteiger partial charge in [-0.05, 0) is 24.4 Å². The van der Waals surface area contributed by atoms with Crippen LogP contribution in [0, 0.1) is 0 Å². The van der Waals surface area contributed by atoms with Crippen molar-refractivity contribution in [2.45, 2.75) is 6.61 Å². The Morgan fingerprint density at radius 1 is 1.25 bits per heavy atom. The Morgan fingerprint density at radius 3 is 2.38 bits per heavy atom. The highest BCUT2D eigenvalue weighted by Crippen LogP contribution is 2.39. The Bertz CT molecular complexity index is 548. The molecule has 7 nitrogen and oxygen atoms in total. The second kappa shape index (κ2) is 10.6. The van der Waals surface area contributed by atoms with E-state index in [0.29, 0.717) is 23.8 Å². The fraction of sp³-hybridized carbons (Fsp3) is 0.429. The lowest BCUT2D eigenvalue weighted by molar-refractivity contribution is -0.0526. The Kier molecular flexibility index (Phi) is 8.72. The molecule has 0 unspecified atom stereocenters. The summed E-state index contributed by atoms with van der Waals surface area (Å²) >= 11 is 5.00. The van der Waals surface area contributed by atoms with Crippen LogP contribution in [0.25, 0.3) is 0 Å². The standard InChI is InChI=1S/C14H19F2N3O4S/c1-20-5-4-17-14(24)19-18-8-9-6-10(21-2)12(23-13(15)16)11(7-9)22-3/h6-8,13H,4-5H2,1-3H3,(H2,17,19,24)/b18-8-. The van der Waals surface area contributed by atoms with Crippen molar-refractivity contribution in [3.8, 4) is 17.2 Å². The van der Waals surface area contributed by atoms with Crippen molar-refractivity contribution in [1.29, 1.82) is 0 Å². The van der Waals surface area contributed by atoms with Crippen LogP contribution in [0.1, 0.15) is 5.56 Å². The Morgan fingerprint density at radius 2 is 1.88 bits per heavy atom. The predicted octanol–water partition coefficient (Wildman–Crippen LogP) is 1.75. The van der Waals surface area contributed by atoms with Gasteiger partial charge < -0.3 is 24.3 Å². The highest BCUT2D eigenvalue weighted by molar-refractivity contribution is 7.80. The van der Waals surface area contributed by atoms with E-state index in [2.05, 4.69) is 20.6 Å². The zero-order valence-electron chi connectivity index (χ0n) is 13.5. The number of thiocarbonyl (C=S) groups is 1. The number of hydrazone groups is 1. The Labute approximate surface area is 143 Å². The molecule has 0 heterocycles. The molecule has 1 aromatic carbocycles. The number of halogens is 2. The zero-order chi connectivity index (χ0) is 17.9. The number of hydrogen-bond donors (Lipinski definition) is 2. The number of ether oxygens (including phenoxy) is 4. The average molecular weight is 363 g/mol. The quantitative estimate of drug-likeness (QED) is 0.300. The van der Waals surface area contributed by atoms with E-state index in [4.69, 9.17) is 26.4 Å². The molecule has 134 valence electrons. The first-order chi connectivity index (χ1) is 11.5. The smallest absolute Gasteiger partial charge is 0.387 e. The molecule has 0 amide bonds. The van der Waals surface area contributed by atoms with Crippen molar-refractivity contribution < 1.29 is 27.7 Å². The number of methoxy groups -OCH3 is 3. The van der Waals surface area contributed by atoms with Gasteiger partial charge in [0.05, 0.1) is 27.0 Å². The van der Waals surface area contributed by atoms with Crippen LogP contribution in [0.4, 0.5) is 8.78 Å². The maximum Gasteiger partial charge on any atom is 0.387 e. The first-order valence-electron chi connectivity index (χ1n) is 6.78. The van der Waals surface area contributed by atoms with Crippen molar-refractivity contribution in [1.82, 2.24) is 10.7 Å². The third-order valence-electron chi connectivity index (χ3n) is 2.66. The van der Waals surface area contributed by atoms with Gasteiger partial charge in [-0.25, -0.2) is 0 Å². The minimum absolute atomic E-state index is 0.0943. The summed E-state index contributed by atoms with van der Waals surface area (Å²) in [7, 11) is 4.25. The molecule has 0 saturated carbocycles. The molecule has 0 aliphatic carbocycles. The van der Waals surface area contributed by atoms with Gasteiger partial charge in [-0.2, -0.15) is 13.9 Å². The maximum atomic E-state index is 12.5. The lowest BCUT2D eigenvalue weighted by atomic mass is 10.2. The molecule has 0 atom stereocenters. The highest BCUT2D eigenvalue weighted by Gasteiger charge is 2.17. The molecule has 0 bridgehead atoms. The summed E-state index contributed by atoms with van der Waals surface area (Å²) in [6, 6.07) is 2.96. The fourth-order valence-corrected chi connectivity index (χ4v) is 1.81. The van der Waals surface area contributed by atoms with Crippen molar-refractivity contribution in [3.63, 3.8) is 0 Å². The summed E-state index contributed by atoms with van der Waals surface area (Å²) < 4.78 is 44.3. The number of hydrogen-bond acceptors (Lipinski definition) is 6. The van der Waals surface area contributed by atoms with E-state index in [1.54, 1.807) is 7.11 Å². The third-order valence-corrected chi connectivity index (χ3v) is 2.90. The summed E-state index contributed by atoms with van der Waals surface area (Å²) in [6.45, 7) is -1.95. The molecular formula is C14H19F2N3O4S. The van der Waals surface area contributed by atoms with Gasteiger partial charge in [0.1, 0.15) is 0 Å². The van der Waals surface area contributed by atoms with Crippen LogP contribution < -0.4 is 25.0 Å². The second-order valence-corrected chi connectivity index (χ2v) is 4.66. The molecule has 2 N–H and O–H groups in total. The molecule has 0 saturated heterocycles. The van der Waals surface area contributed by atoms with Gasteiger partial charge in [-0.1, -0.05) is 0 Å². The molecule has 0 radical (unpaired) electrons. The van der Waals surface area contributed by atoms with Crippen LogP contribution >= 0.6 is 12.2 Å². The van der Waals surface area contributed by atoms with Crippen LogP contribution in [0.2, 0.25) is 0 Å². The molecule has 0 aromatic heterocycles. The zero-order valence-corrected chi connectivity index (χ0v) is 14.3. The van der Waals surface area contributed by atoms with Gasteiger partial charge in [0.15, 0.2) is 16.6 Å². The van der Waals surface area contributed by atoms with Crippen molar-refractivity contribution in [2.75, 3.05) is 34.5 Å². The van der Waals surface area contributed by atoms with E-state index >= 15 is 0 Å². The summed E-state index contributed by atoms with van der Waals surface area (Å²) in [5.41, 5.74) is 3.15. The number of benzene rings is 1. The summed E-state index contributed by atoms with van der Waals surface area (Å²) in [6.07, 6.45) is 1.43. The Hall–Kier alpha value is -2.20. The van der Waals surface area contributed by atoms with Gasteiger partial charge in [-0.3, -0.25) is 5.43 Å². The molecule has 1 aromatic rings. The van der Waals surface area contributed by atoms with Gasteiger partial charge in [0.25, 0.3) is 0 Å². The van der Waals surface area contributed by atoms with Gasteiger partial charge >= 0.3 is 6.61 Å². The highest BCUT2D eigenvalue weighted by atomic mass is 32.1. The van der Waals surface area contributed by atoms with Crippen LogP contribution in [0.15, 0.2) is 17.2 Å². The molecule has 0 fully saturated rings. The first kappa shape index (κ1) is 19.8. The lowest BCUT2D eigenvalue weighted by Gasteiger charge is -2.14. The molecule has 0 aliphatic heterocycles. The van der Waals surface area contributed by atoms with Crippen LogP contribution in [-0.2, 0) is 4.74 Å². The topological polar surface area (TPSA) is 73.3 Å². The van der Waals surface area contributed by atoms with Crippen molar-refractivity contribution >= 4 is 23.5 Å². The monoisotopic (exact) mass is 363 g/mol. The lowest BCUT2D eigenvalue weighted by Crippen LogP contribution is -2.34. The summed E-state index contributed by atoms with van der Waals surface area (Å²) in [5.74, 6) is 0.00524. The predicted molar refractivity (Wildman–Crippen MR) is 89.4 cm³/mol. The number of nitrogens with one attached hydrogen (secondary N) is 2. The maximum absolute atomic E-state index is 12.5. The first-order valence-corrected chi connectivity index (χ1v) is 7.19. The SMILES string of the molecule is COCCNC(=S)N/N=C\c1cc(OC)c(OC(F)F)c(OC)c1. The van der Waals surface area contributed by atoms with Gasteiger partial charge in [-0.15, -0.1) is 0 Å². The Balaban J connectivity index is 2.81. The van der Waals surface area contributed by atoms with Gasteiger partial charge in [0, 0.05) is 19.2 Å². The molecule has 24 heavy (non-hydrogen) atoms. The van der Waals surface area contributed by atoms with Crippen LogP contribution in [-0.4, -0.2) is 52.4 Å². The van der Waals surface area contributed by atoms with Crippen LogP contribution in [0.5, 0.6) is 17.2 Å². The minimum atomic E-state index is -3.00. The van der Waals surface area contributed by atoms with Crippen LogP contribution in [0.3, 0.4) is 0 Å². The normalized spacial score (nSPS) is 10.8. The third kappa shape index (κ3) is 6.50. The molecule has 0 aliphatic rings. The summed E-state index contributed by atoms with van der Waals surface area (Å²) in [4.78, 5) is 0. The molecule has 10 heteroatoms. The van der Waals surface area contributed by atoms with Crippen molar-refractivity contribution in [2.24, 2.45) is 5.10 Å². The fourth-order valence-electron chi connectivity index (χ4n) is 1.65. The molecule has 1 rings (SSSR count). The second-order valence-electron chi connectivity index (χ2n) is 4.25. The van der Waals surface area contributed by atoms with E-state index in [0.717, 1.165) is 0 Å². The molecular weight excluding hydrogens is 344 g/mol. The van der Waals surface area contributed by atoms with E-state index in [1.807, 2.05) is 0 Å². The van der Waals surface area contributed by atoms with Gasteiger partial charge in [0.2, 0.25) is 5.75 Å². The van der Waals surface area contributed by atoms with E-state index < -0.39 is 6.61 Å². The number of alkyl halides is 2. The van der Waals surface area contributed by atoms with E-state index in [9.17, 15) is 8.78 Å².